The second-order valence-corrected chi connectivity index (χ2v) is 2.91. The van der Waals surface area contributed by atoms with Gasteiger partial charge in [0, 0.05) is 6.07 Å². The van der Waals surface area contributed by atoms with Gasteiger partial charge in [-0.1, -0.05) is 11.6 Å². The molecule has 0 saturated heterocycles. The fraction of sp³-hybridized carbons (Fsp3) is 0.222. The van der Waals surface area contributed by atoms with Gasteiger partial charge in [-0.25, -0.2) is 9.18 Å². The molecule has 0 atom stereocenters. The maximum Gasteiger partial charge on any atom is 0.339 e. The van der Waals surface area contributed by atoms with Crippen LogP contribution in [0.15, 0.2) is 12.1 Å². The van der Waals surface area contributed by atoms with Crippen molar-refractivity contribution in [2.24, 2.45) is 0 Å². The van der Waals surface area contributed by atoms with E-state index in [-0.39, 0.29) is 22.9 Å². The molecule has 0 spiro atoms. The van der Waals surface area contributed by atoms with E-state index < -0.39 is 11.8 Å². The number of aromatic carboxylic acids is 1. The Balaban J connectivity index is 3.24. The first-order chi connectivity index (χ1) is 6.56. The van der Waals surface area contributed by atoms with Gasteiger partial charge < -0.3 is 9.84 Å². The zero-order chi connectivity index (χ0) is 10.7. The highest BCUT2D eigenvalue weighted by atomic mass is 35.5. The highest BCUT2D eigenvalue weighted by Crippen LogP contribution is 2.26. The first kappa shape index (κ1) is 10.8. The maximum atomic E-state index is 12.9. The van der Waals surface area contributed by atoms with Gasteiger partial charge in [-0.15, -0.1) is 0 Å². The van der Waals surface area contributed by atoms with Crippen LogP contribution in [0.1, 0.15) is 17.3 Å². The largest absolute Gasteiger partial charge is 0.493 e. The van der Waals surface area contributed by atoms with Crippen molar-refractivity contribution < 1.29 is 19.0 Å². The molecule has 1 N–H and O–H groups in total. The van der Waals surface area contributed by atoms with Crippen LogP contribution in [-0.4, -0.2) is 17.7 Å². The lowest BCUT2D eigenvalue weighted by Crippen LogP contribution is -2.03. The molecule has 5 heteroatoms. The maximum absolute atomic E-state index is 12.9. The third kappa shape index (κ3) is 2.14. The normalized spacial score (nSPS) is 9.93. The third-order valence-electron chi connectivity index (χ3n) is 1.55. The summed E-state index contributed by atoms with van der Waals surface area (Å²) in [7, 11) is 0. The summed E-state index contributed by atoms with van der Waals surface area (Å²) in [6, 6.07) is 2.00. The molecule has 76 valence electrons. The van der Waals surface area contributed by atoms with Gasteiger partial charge in [0.1, 0.15) is 17.1 Å². The van der Waals surface area contributed by atoms with Crippen LogP contribution >= 0.6 is 11.6 Å². The van der Waals surface area contributed by atoms with Gasteiger partial charge in [0.15, 0.2) is 0 Å². The first-order valence-corrected chi connectivity index (χ1v) is 4.29. The number of halogens is 2. The Hall–Kier alpha value is -1.29. The molecule has 3 nitrogen and oxygen atoms in total. The molecular formula is C9H8ClFO3. The number of carboxylic acids is 1. The van der Waals surface area contributed by atoms with Crippen LogP contribution < -0.4 is 4.74 Å². The number of hydrogen-bond donors (Lipinski definition) is 1. The molecule has 1 rings (SSSR count). The van der Waals surface area contributed by atoms with Gasteiger partial charge in [0.25, 0.3) is 0 Å². The minimum atomic E-state index is -1.20. The van der Waals surface area contributed by atoms with Crippen LogP contribution in [0, 0.1) is 5.82 Å². The Morgan fingerprint density at radius 3 is 2.79 bits per heavy atom. The molecule has 0 aliphatic heterocycles. The summed E-state index contributed by atoms with van der Waals surface area (Å²) < 4.78 is 17.9. The van der Waals surface area contributed by atoms with Crippen molar-refractivity contribution in [3.05, 3.63) is 28.5 Å². The van der Waals surface area contributed by atoms with Gasteiger partial charge in [-0.3, -0.25) is 0 Å². The number of carbonyl (C=O) groups is 1. The minimum absolute atomic E-state index is 0.0121. The van der Waals surface area contributed by atoms with Gasteiger partial charge in [-0.05, 0) is 13.0 Å². The minimum Gasteiger partial charge on any atom is -0.493 e. The molecule has 0 aromatic heterocycles. The van der Waals surface area contributed by atoms with Gasteiger partial charge >= 0.3 is 5.97 Å². The first-order valence-electron chi connectivity index (χ1n) is 3.91. The van der Waals surface area contributed by atoms with E-state index in [0.29, 0.717) is 0 Å². The average molecular weight is 219 g/mol. The second-order valence-electron chi connectivity index (χ2n) is 2.50. The smallest absolute Gasteiger partial charge is 0.339 e. The van der Waals surface area contributed by atoms with Gasteiger partial charge in [0.05, 0.1) is 11.6 Å². The van der Waals surface area contributed by atoms with E-state index in [0.717, 1.165) is 12.1 Å². The van der Waals surface area contributed by atoms with Crippen molar-refractivity contribution >= 4 is 17.6 Å². The Kier molecular flexibility index (Phi) is 3.30. The summed E-state index contributed by atoms with van der Waals surface area (Å²) in [6.07, 6.45) is 0. The predicted molar refractivity (Wildman–Crippen MR) is 49.5 cm³/mol. The van der Waals surface area contributed by atoms with Crippen molar-refractivity contribution in [2.75, 3.05) is 6.61 Å². The molecule has 1 aromatic rings. The molecule has 0 bridgehead atoms. The highest BCUT2D eigenvalue weighted by Gasteiger charge is 2.14. The Labute approximate surface area is 85.1 Å². The van der Waals surface area contributed by atoms with Crippen LogP contribution in [0.5, 0.6) is 5.75 Å². The summed E-state index contributed by atoms with van der Waals surface area (Å²) in [5, 5.41) is 8.52. The summed E-state index contributed by atoms with van der Waals surface area (Å²) in [4.78, 5) is 10.7. The van der Waals surface area contributed by atoms with Crippen molar-refractivity contribution in [3.63, 3.8) is 0 Å². The van der Waals surface area contributed by atoms with Crippen LogP contribution in [0.25, 0.3) is 0 Å². The number of rotatable bonds is 3. The molecule has 14 heavy (non-hydrogen) atoms. The Morgan fingerprint density at radius 1 is 1.64 bits per heavy atom. The zero-order valence-corrected chi connectivity index (χ0v) is 8.14. The SMILES string of the molecule is CCOc1cc(F)c(Cl)cc1C(=O)O. The number of benzene rings is 1. The summed E-state index contributed by atoms with van der Waals surface area (Å²) in [5.74, 6) is -1.91. The van der Waals surface area contributed by atoms with Crippen LogP contribution in [0.4, 0.5) is 4.39 Å². The van der Waals surface area contributed by atoms with E-state index in [1.54, 1.807) is 6.92 Å². The summed E-state index contributed by atoms with van der Waals surface area (Å²) in [5.41, 5.74) is -0.141. The van der Waals surface area contributed by atoms with Gasteiger partial charge in [0.2, 0.25) is 0 Å². The topological polar surface area (TPSA) is 46.5 Å². The number of carboxylic acid groups (broad SMARTS) is 1. The van der Waals surface area contributed by atoms with Crippen molar-refractivity contribution in [3.8, 4) is 5.75 Å². The van der Waals surface area contributed by atoms with E-state index in [9.17, 15) is 9.18 Å². The molecular weight excluding hydrogens is 211 g/mol. The van der Waals surface area contributed by atoms with Crippen molar-refractivity contribution in [1.29, 1.82) is 0 Å². The fourth-order valence-electron chi connectivity index (χ4n) is 0.971. The molecule has 0 radical (unpaired) electrons. The van der Waals surface area contributed by atoms with Crippen LogP contribution in [0.2, 0.25) is 5.02 Å². The molecule has 0 saturated carbocycles. The standard InChI is InChI=1S/C9H8ClFO3/c1-2-14-8-4-7(11)6(10)3-5(8)9(12)13/h3-4H,2H2,1H3,(H,12,13). The molecule has 0 unspecified atom stereocenters. The van der Waals surface area contributed by atoms with Gasteiger partial charge in [-0.2, -0.15) is 0 Å². The molecule has 0 aliphatic rings. The molecule has 0 amide bonds. The van der Waals surface area contributed by atoms with E-state index in [1.165, 1.54) is 0 Å². The highest BCUT2D eigenvalue weighted by molar-refractivity contribution is 6.31. The van der Waals surface area contributed by atoms with Crippen LogP contribution in [-0.2, 0) is 0 Å². The molecule has 0 fully saturated rings. The predicted octanol–water partition coefficient (Wildman–Crippen LogP) is 2.58. The van der Waals surface area contributed by atoms with Crippen LogP contribution in [0.3, 0.4) is 0 Å². The Morgan fingerprint density at radius 2 is 2.29 bits per heavy atom. The molecule has 0 aliphatic carbocycles. The summed E-state index contributed by atoms with van der Waals surface area (Å²) >= 11 is 5.44. The molecule has 0 heterocycles. The second kappa shape index (κ2) is 4.28. The summed E-state index contributed by atoms with van der Waals surface area (Å²) in [6.45, 7) is 1.94. The average Bonchev–Trinajstić information content (AvgIpc) is 2.11. The van der Waals surface area contributed by atoms with E-state index >= 15 is 0 Å². The lowest BCUT2D eigenvalue weighted by Gasteiger charge is -2.07. The lowest BCUT2D eigenvalue weighted by molar-refractivity contribution is 0.0692. The van der Waals surface area contributed by atoms with Crippen molar-refractivity contribution in [2.45, 2.75) is 6.92 Å². The quantitative estimate of drug-likeness (QED) is 0.848. The van der Waals surface area contributed by atoms with E-state index in [2.05, 4.69) is 0 Å². The Bertz CT molecular complexity index is 365. The number of ether oxygens (including phenoxy) is 1. The van der Waals surface area contributed by atoms with E-state index in [4.69, 9.17) is 21.4 Å². The lowest BCUT2D eigenvalue weighted by atomic mass is 10.2. The molecule has 1 aromatic carbocycles. The monoisotopic (exact) mass is 218 g/mol. The van der Waals surface area contributed by atoms with E-state index in [1.807, 2.05) is 0 Å². The van der Waals surface area contributed by atoms with Crippen molar-refractivity contribution in [1.82, 2.24) is 0 Å². The zero-order valence-electron chi connectivity index (χ0n) is 7.38. The fourth-order valence-corrected chi connectivity index (χ4v) is 1.13. The number of hydrogen-bond acceptors (Lipinski definition) is 2. The third-order valence-corrected chi connectivity index (χ3v) is 1.84.